The molecule has 230 valence electrons. The van der Waals surface area contributed by atoms with E-state index in [4.69, 9.17) is 14.9 Å². The highest BCUT2D eigenvalue weighted by molar-refractivity contribution is 6.02. The van der Waals surface area contributed by atoms with Gasteiger partial charge in [0.05, 0.1) is 23.8 Å². The third-order valence-corrected chi connectivity index (χ3v) is 10.6. The summed E-state index contributed by atoms with van der Waals surface area (Å²) >= 11 is 0. The van der Waals surface area contributed by atoms with E-state index in [1.54, 1.807) is 13.2 Å². The number of rotatable bonds is 7. The number of nitrogens with two attached hydrogens (primary N) is 1. The Kier molecular flexibility index (Phi) is 6.34. The van der Waals surface area contributed by atoms with Gasteiger partial charge in [-0.15, -0.1) is 0 Å². The van der Waals surface area contributed by atoms with Gasteiger partial charge in [-0.1, -0.05) is 25.1 Å². The minimum Gasteiger partial charge on any atom is -0.496 e. The Labute approximate surface area is 260 Å². The first-order valence-electron chi connectivity index (χ1n) is 15.9. The molecule has 3 heterocycles. The summed E-state index contributed by atoms with van der Waals surface area (Å²) in [7, 11) is 1.64. The molecule has 2 bridgehead atoms. The van der Waals surface area contributed by atoms with Crippen LogP contribution in [0.4, 0.5) is 4.39 Å². The molecule has 1 aliphatic heterocycles. The Morgan fingerprint density at radius 2 is 1.80 bits per heavy atom. The summed E-state index contributed by atoms with van der Waals surface area (Å²) in [6.45, 7) is 5.96. The average molecular weight is 606 g/mol. The molecule has 3 atom stereocenters. The van der Waals surface area contributed by atoms with Crippen LogP contribution in [0.1, 0.15) is 58.9 Å². The molecule has 8 heteroatoms. The number of piperidine rings is 1. The number of nitrogens with zero attached hydrogens (tertiary/aromatic N) is 2. The van der Waals surface area contributed by atoms with Crippen molar-refractivity contribution in [2.45, 2.75) is 52.1 Å². The predicted octanol–water partition coefficient (Wildman–Crippen LogP) is 7.56. The predicted molar refractivity (Wildman–Crippen MR) is 172 cm³/mol. The zero-order chi connectivity index (χ0) is 31.1. The highest BCUT2D eigenvalue weighted by atomic mass is 19.1. The van der Waals surface area contributed by atoms with Crippen molar-refractivity contribution in [2.24, 2.45) is 23.5 Å². The lowest BCUT2D eigenvalue weighted by molar-refractivity contribution is 0.0695. The monoisotopic (exact) mass is 605 g/mol. The summed E-state index contributed by atoms with van der Waals surface area (Å²) in [6, 6.07) is 16.8. The second-order valence-corrected chi connectivity index (χ2v) is 13.2. The summed E-state index contributed by atoms with van der Waals surface area (Å²) < 4.78 is 29.5. The molecule has 2 aliphatic carbocycles. The largest absolute Gasteiger partial charge is 0.496 e. The van der Waals surface area contributed by atoms with Gasteiger partial charge in [-0.2, -0.15) is 0 Å². The SMILES string of the molecule is COc1cc(C(=O)N2CC3CCC2C3C)cc2oc(-c3cc4ccc(-c5ccc(C(N)=O)c(F)c5)cc4n3CC3CC3)c(C)c12. The van der Waals surface area contributed by atoms with Gasteiger partial charge >= 0.3 is 0 Å². The lowest BCUT2D eigenvalue weighted by Crippen LogP contribution is -2.38. The zero-order valence-electron chi connectivity index (χ0n) is 25.7. The topological polar surface area (TPSA) is 90.7 Å². The van der Waals surface area contributed by atoms with Crippen molar-refractivity contribution in [3.63, 3.8) is 0 Å². The quantitative estimate of drug-likeness (QED) is 0.207. The molecular weight excluding hydrogens is 569 g/mol. The van der Waals surface area contributed by atoms with Crippen LogP contribution in [-0.2, 0) is 6.54 Å². The number of hydrogen-bond acceptors (Lipinski definition) is 4. The second-order valence-electron chi connectivity index (χ2n) is 13.2. The second kappa shape index (κ2) is 10.2. The van der Waals surface area contributed by atoms with E-state index in [0.717, 1.165) is 58.4 Å². The fourth-order valence-corrected chi connectivity index (χ4v) is 7.85. The van der Waals surface area contributed by atoms with E-state index >= 15 is 0 Å². The van der Waals surface area contributed by atoms with Crippen LogP contribution in [-0.4, -0.2) is 41.0 Å². The Morgan fingerprint density at radius 1 is 1.02 bits per heavy atom. The molecule has 1 saturated heterocycles. The number of ether oxygens (including phenoxy) is 1. The van der Waals surface area contributed by atoms with E-state index in [9.17, 15) is 14.0 Å². The summed E-state index contributed by atoms with van der Waals surface area (Å²) in [5, 5.41) is 1.92. The van der Waals surface area contributed by atoms with Crippen LogP contribution >= 0.6 is 0 Å². The van der Waals surface area contributed by atoms with Gasteiger partial charge < -0.3 is 24.4 Å². The van der Waals surface area contributed by atoms with E-state index in [1.165, 1.54) is 31.4 Å². The van der Waals surface area contributed by atoms with Crippen LogP contribution in [0.15, 0.2) is 59.0 Å². The van der Waals surface area contributed by atoms with Crippen molar-refractivity contribution in [3.8, 4) is 28.3 Å². The van der Waals surface area contributed by atoms with Crippen LogP contribution in [0.5, 0.6) is 5.75 Å². The number of aromatic nitrogens is 1. The first-order valence-corrected chi connectivity index (χ1v) is 15.9. The summed E-state index contributed by atoms with van der Waals surface area (Å²) in [5.74, 6) is 1.71. The number of carbonyl (C=O) groups excluding carboxylic acids is 2. The first-order chi connectivity index (χ1) is 21.7. The molecule has 3 aliphatic rings. The molecule has 3 aromatic carbocycles. The first kappa shape index (κ1) is 27.9. The molecule has 2 N–H and O–H groups in total. The van der Waals surface area contributed by atoms with Crippen molar-refractivity contribution in [1.82, 2.24) is 9.47 Å². The Morgan fingerprint density at radius 3 is 2.47 bits per heavy atom. The third-order valence-electron chi connectivity index (χ3n) is 10.6. The van der Waals surface area contributed by atoms with Crippen molar-refractivity contribution >= 4 is 33.7 Å². The molecule has 2 aromatic heterocycles. The van der Waals surface area contributed by atoms with Crippen molar-refractivity contribution in [1.29, 1.82) is 0 Å². The number of aryl methyl sites for hydroxylation is 1. The molecule has 0 spiro atoms. The average Bonchev–Trinajstić information content (AvgIpc) is 3.44. The normalized spacial score (nSPS) is 20.9. The van der Waals surface area contributed by atoms with Crippen LogP contribution < -0.4 is 10.5 Å². The van der Waals surface area contributed by atoms with E-state index in [-0.39, 0.29) is 11.5 Å². The molecule has 3 fully saturated rings. The minimum absolute atomic E-state index is 0.0422. The van der Waals surface area contributed by atoms with Gasteiger partial charge in [0, 0.05) is 41.2 Å². The number of hydrogen-bond donors (Lipinski definition) is 1. The summed E-state index contributed by atoms with van der Waals surface area (Å²) in [6.07, 6.45) is 4.62. The number of methoxy groups -OCH3 is 1. The zero-order valence-corrected chi connectivity index (χ0v) is 25.7. The Balaban J connectivity index is 1.23. The van der Waals surface area contributed by atoms with E-state index in [0.29, 0.717) is 46.3 Å². The maximum absolute atomic E-state index is 14.7. The van der Waals surface area contributed by atoms with Crippen LogP contribution in [0.3, 0.4) is 0 Å². The van der Waals surface area contributed by atoms with Gasteiger partial charge in [0.1, 0.15) is 17.1 Å². The highest BCUT2D eigenvalue weighted by Gasteiger charge is 2.46. The van der Waals surface area contributed by atoms with Crippen molar-refractivity contribution in [2.75, 3.05) is 13.7 Å². The van der Waals surface area contributed by atoms with Gasteiger partial charge in [0.15, 0.2) is 5.76 Å². The fraction of sp³-hybridized carbons (Fsp3) is 0.351. The molecule has 2 saturated carbocycles. The fourth-order valence-electron chi connectivity index (χ4n) is 7.85. The van der Waals surface area contributed by atoms with E-state index in [1.807, 2.05) is 31.2 Å². The van der Waals surface area contributed by atoms with Crippen LogP contribution in [0.25, 0.3) is 44.5 Å². The van der Waals surface area contributed by atoms with Crippen molar-refractivity contribution in [3.05, 3.63) is 77.1 Å². The Bertz CT molecular complexity index is 2040. The molecule has 8 rings (SSSR count). The van der Waals surface area contributed by atoms with Gasteiger partial charge in [0.2, 0.25) is 0 Å². The van der Waals surface area contributed by atoms with Gasteiger partial charge in [-0.25, -0.2) is 4.39 Å². The smallest absolute Gasteiger partial charge is 0.254 e. The number of furan rings is 1. The standard InChI is InChI=1S/C37H36FN3O4/c1-19-25-9-11-29(19)41(18-25)37(43)26-15-32(44-3)34-20(2)35(45-33(34)16-26)31-14-24-7-6-23(13-30(24)40(31)17-21-4-5-21)22-8-10-27(36(39)42)28(38)12-22/h6-8,10,12-16,19,21,25,29H,4-5,9,11,17-18H2,1-3H3,(H2,39,42). The lowest BCUT2D eigenvalue weighted by Gasteiger charge is -2.27. The maximum Gasteiger partial charge on any atom is 0.254 e. The number of primary amides is 1. The number of halogens is 1. The molecular formula is C37H36FN3O4. The summed E-state index contributed by atoms with van der Waals surface area (Å²) in [5.41, 5.74) is 10.9. The third kappa shape index (κ3) is 4.44. The maximum atomic E-state index is 14.7. The van der Waals surface area contributed by atoms with Crippen molar-refractivity contribution < 1.29 is 23.1 Å². The van der Waals surface area contributed by atoms with Gasteiger partial charge in [-0.3, -0.25) is 9.59 Å². The van der Waals surface area contributed by atoms with Gasteiger partial charge in [-0.05, 0) is 97.9 Å². The number of fused-ring (bicyclic) bond motifs is 4. The number of amides is 2. The van der Waals surface area contributed by atoms with Crippen LogP contribution in [0, 0.1) is 30.5 Å². The molecule has 2 amide bonds. The molecule has 5 aromatic rings. The molecule has 7 nitrogen and oxygen atoms in total. The number of likely N-dealkylation sites (tertiary alicyclic amines) is 1. The van der Waals surface area contributed by atoms with E-state index < -0.39 is 11.7 Å². The number of benzene rings is 3. The summed E-state index contributed by atoms with van der Waals surface area (Å²) in [4.78, 5) is 27.4. The van der Waals surface area contributed by atoms with Crippen LogP contribution in [0.2, 0.25) is 0 Å². The lowest BCUT2D eigenvalue weighted by atomic mass is 10.0. The van der Waals surface area contributed by atoms with E-state index in [2.05, 4.69) is 28.5 Å². The molecule has 3 unspecified atom stereocenters. The molecule has 45 heavy (non-hydrogen) atoms. The number of carbonyl (C=O) groups is 2. The van der Waals surface area contributed by atoms with Gasteiger partial charge in [0.25, 0.3) is 11.8 Å². The Hall–Kier alpha value is -4.59. The minimum atomic E-state index is -0.788. The highest BCUT2D eigenvalue weighted by Crippen LogP contribution is 2.45. The molecule has 0 radical (unpaired) electrons.